The molecule has 6 heteroatoms. The van der Waals surface area contributed by atoms with Crippen molar-refractivity contribution in [1.82, 2.24) is 0 Å². The van der Waals surface area contributed by atoms with Crippen LogP contribution in [0.2, 0.25) is 0 Å². The molecule has 0 aliphatic carbocycles. The number of benzene rings is 3. The van der Waals surface area contributed by atoms with E-state index in [1.807, 2.05) is 0 Å². The fraction of sp³-hybridized carbons (Fsp3) is 0.143. The van der Waals surface area contributed by atoms with Crippen molar-refractivity contribution in [3.63, 3.8) is 0 Å². The number of aromatic hydroxyl groups is 2. The van der Waals surface area contributed by atoms with Gasteiger partial charge < -0.3 is 14.9 Å². The lowest BCUT2D eigenvalue weighted by molar-refractivity contribution is -0.138. The van der Waals surface area contributed by atoms with E-state index in [1.54, 1.807) is 30.3 Å². The Morgan fingerprint density at radius 3 is 1.59 bits per heavy atom. The van der Waals surface area contributed by atoms with Gasteiger partial charge in [0.15, 0.2) is 0 Å². The largest absolute Gasteiger partial charge is 0.508 e. The standard InChI is InChI=1S/C21H17F3O3/c1-27-19-11-6-15(12-18(19)21(22,23)24)20(13-2-7-16(25)8-3-13)14-4-9-17(26)10-5-14/h2-12,20,25-26H,1H3. The van der Waals surface area contributed by atoms with Crippen LogP contribution in [0.25, 0.3) is 0 Å². The van der Waals surface area contributed by atoms with Gasteiger partial charge >= 0.3 is 6.18 Å². The number of halogens is 3. The normalized spacial score (nSPS) is 11.6. The Morgan fingerprint density at radius 2 is 1.19 bits per heavy atom. The number of hydrogen-bond donors (Lipinski definition) is 2. The van der Waals surface area contributed by atoms with E-state index in [-0.39, 0.29) is 17.2 Å². The predicted molar refractivity (Wildman–Crippen MR) is 95.2 cm³/mol. The third kappa shape index (κ3) is 4.00. The quantitative estimate of drug-likeness (QED) is 0.609. The van der Waals surface area contributed by atoms with Crippen LogP contribution in [0.4, 0.5) is 13.2 Å². The Balaban J connectivity index is 2.18. The van der Waals surface area contributed by atoms with Crippen LogP contribution in [0.3, 0.4) is 0 Å². The summed E-state index contributed by atoms with van der Waals surface area (Å²) in [5.74, 6) is -0.637. The minimum absolute atomic E-state index is 0.0638. The van der Waals surface area contributed by atoms with Crippen molar-refractivity contribution in [1.29, 1.82) is 0 Å². The number of phenolic OH excluding ortho intramolecular Hbond substituents is 2. The molecule has 27 heavy (non-hydrogen) atoms. The summed E-state index contributed by atoms with van der Waals surface area (Å²) in [5.41, 5.74) is 0.970. The lowest BCUT2D eigenvalue weighted by Gasteiger charge is -2.21. The van der Waals surface area contributed by atoms with Gasteiger partial charge in [-0.2, -0.15) is 13.2 Å². The van der Waals surface area contributed by atoms with Crippen molar-refractivity contribution in [3.8, 4) is 17.2 Å². The number of phenols is 2. The number of rotatable bonds is 4. The maximum Gasteiger partial charge on any atom is 0.419 e. The minimum Gasteiger partial charge on any atom is -0.508 e. The molecule has 0 aromatic heterocycles. The number of alkyl halides is 3. The average Bonchev–Trinajstić information content (AvgIpc) is 2.64. The third-order valence-electron chi connectivity index (χ3n) is 4.32. The van der Waals surface area contributed by atoms with Gasteiger partial charge in [0.2, 0.25) is 0 Å². The van der Waals surface area contributed by atoms with Crippen LogP contribution in [0, 0.1) is 0 Å². The molecule has 3 rings (SSSR count). The smallest absolute Gasteiger partial charge is 0.419 e. The Labute approximate surface area is 154 Å². The van der Waals surface area contributed by atoms with Crippen LogP contribution in [0.1, 0.15) is 28.2 Å². The summed E-state index contributed by atoms with van der Waals surface area (Å²) in [6, 6.07) is 16.5. The molecule has 3 aromatic carbocycles. The first-order chi connectivity index (χ1) is 12.8. The van der Waals surface area contributed by atoms with Crippen molar-refractivity contribution >= 4 is 0 Å². The summed E-state index contributed by atoms with van der Waals surface area (Å²) in [6.07, 6.45) is -4.56. The highest BCUT2D eigenvalue weighted by Crippen LogP contribution is 2.41. The Morgan fingerprint density at radius 1 is 0.741 bits per heavy atom. The Bertz CT molecular complexity index is 871. The zero-order valence-electron chi connectivity index (χ0n) is 14.4. The van der Waals surface area contributed by atoms with Gasteiger partial charge in [0.05, 0.1) is 12.7 Å². The summed E-state index contributed by atoms with van der Waals surface area (Å²) in [4.78, 5) is 0. The highest BCUT2D eigenvalue weighted by atomic mass is 19.4. The molecule has 0 saturated carbocycles. The molecule has 2 N–H and O–H groups in total. The van der Waals surface area contributed by atoms with Gasteiger partial charge in [-0.25, -0.2) is 0 Å². The first-order valence-corrected chi connectivity index (χ1v) is 8.12. The van der Waals surface area contributed by atoms with Crippen LogP contribution in [0.5, 0.6) is 17.2 Å². The minimum atomic E-state index is -4.56. The van der Waals surface area contributed by atoms with Crippen LogP contribution in [-0.4, -0.2) is 17.3 Å². The van der Waals surface area contributed by atoms with Crippen molar-refractivity contribution in [3.05, 3.63) is 89.0 Å². The SMILES string of the molecule is COc1ccc(C(c2ccc(O)cc2)c2ccc(O)cc2)cc1C(F)(F)F. The zero-order valence-corrected chi connectivity index (χ0v) is 14.4. The van der Waals surface area contributed by atoms with Crippen LogP contribution in [0.15, 0.2) is 66.7 Å². The molecular weight excluding hydrogens is 357 g/mol. The fourth-order valence-electron chi connectivity index (χ4n) is 3.04. The van der Waals surface area contributed by atoms with Crippen molar-refractivity contribution in [2.45, 2.75) is 12.1 Å². The molecule has 0 spiro atoms. The molecule has 0 aliphatic heterocycles. The second-order valence-corrected chi connectivity index (χ2v) is 6.07. The molecule has 0 atom stereocenters. The molecule has 0 aliphatic rings. The summed E-state index contributed by atoms with van der Waals surface area (Å²) in [7, 11) is 1.20. The van der Waals surface area contributed by atoms with Crippen LogP contribution in [-0.2, 0) is 6.18 Å². The van der Waals surface area contributed by atoms with Crippen molar-refractivity contribution < 1.29 is 28.1 Å². The first-order valence-electron chi connectivity index (χ1n) is 8.12. The molecule has 0 bridgehead atoms. The van der Waals surface area contributed by atoms with Crippen LogP contribution >= 0.6 is 0 Å². The van der Waals surface area contributed by atoms with E-state index in [1.165, 1.54) is 37.4 Å². The summed E-state index contributed by atoms with van der Waals surface area (Å²) in [5, 5.41) is 19.1. The second-order valence-electron chi connectivity index (χ2n) is 6.07. The molecule has 3 aromatic rings. The van der Waals surface area contributed by atoms with Gasteiger partial charge in [-0.15, -0.1) is 0 Å². The van der Waals surface area contributed by atoms with E-state index in [9.17, 15) is 23.4 Å². The van der Waals surface area contributed by atoms with Gasteiger partial charge in [0, 0.05) is 5.92 Å². The van der Waals surface area contributed by atoms with Crippen LogP contribution < -0.4 is 4.74 Å². The number of methoxy groups -OCH3 is 1. The molecule has 0 radical (unpaired) electrons. The van der Waals surface area contributed by atoms with E-state index in [0.29, 0.717) is 16.7 Å². The first kappa shape index (κ1) is 18.6. The van der Waals surface area contributed by atoms with Gasteiger partial charge in [-0.1, -0.05) is 30.3 Å². The van der Waals surface area contributed by atoms with Gasteiger partial charge in [0.1, 0.15) is 17.2 Å². The van der Waals surface area contributed by atoms with E-state index < -0.39 is 17.7 Å². The van der Waals surface area contributed by atoms with E-state index in [2.05, 4.69) is 0 Å². The topological polar surface area (TPSA) is 49.7 Å². The molecule has 140 valence electrons. The van der Waals surface area contributed by atoms with E-state index in [0.717, 1.165) is 6.07 Å². The van der Waals surface area contributed by atoms with E-state index in [4.69, 9.17) is 4.74 Å². The monoisotopic (exact) mass is 374 g/mol. The molecule has 3 nitrogen and oxygen atoms in total. The Hall–Kier alpha value is -3.15. The second kappa shape index (κ2) is 7.23. The summed E-state index contributed by atoms with van der Waals surface area (Å²) in [6.45, 7) is 0. The predicted octanol–water partition coefficient (Wildman–Crippen LogP) is 5.31. The summed E-state index contributed by atoms with van der Waals surface area (Å²) >= 11 is 0. The lowest BCUT2D eigenvalue weighted by atomic mass is 9.84. The lowest BCUT2D eigenvalue weighted by Crippen LogP contribution is -2.10. The number of hydrogen-bond acceptors (Lipinski definition) is 3. The fourth-order valence-corrected chi connectivity index (χ4v) is 3.04. The molecule has 0 amide bonds. The highest BCUT2D eigenvalue weighted by Gasteiger charge is 2.35. The maximum absolute atomic E-state index is 13.4. The Kier molecular flexibility index (Phi) is 4.99. The molecule has 0 saturated heterocycles. The van der Waals surface area contributed by atoms with Gasteiger partial charge in [-0.3, -0.25) is 0 Å². The van der Waals surface area contributed by atoms with E-state index >= 15 is 0 Å². The molecule has 0 fully saturated rings. The summed E-state index contributed by atoms with van der Waals surface area (Å²) < 4.78 is 45.2. The maximum atomic E-state index is 13.4. The zero-order chi connectivity index (χ0) is 19.6. The van der Waals surface area contributed by atoms with Crippen molar-refractivity contribution in [2.24, 2.45) is 0 Å². The molecule has 0 unspecified atom stereocenters. The van der Waals surface area contributed by atoms with Crippen molar-refractivity contribution in [2.75, 3.05) is 7.11 Å². The third-order valence-corrected chi connectivity index (χ3v) is 4.32. The molecular formula is C21H17F3O3. The number of ether oxygens (including phenoxy) is 1. The molecule has 0 heterocycles. The highest BCUT2D eigenvalue weighted by molar-refractivity contribution is 5.49. The van der Waals surface area contributed by atoms with Gasteiger partial charge in [-0.05, 0) is 53.1 Å². The van der Waals surface area contributed by atoms with Gasteiger partial charge in [0.25, 0.3) is 0 Å². The average molecular weight is 374 g/mol.